The molecule has 20 heavy (non-hydrogen) atoms. The van der Waals surface area contributed by atoms with Crippen LogP contribution in [-0.2, 0) is 16.2 Å². The molecular weight excluding hydrogens is 250 g/mol. The summed E-state index contributed by atoms with van der Waals surface area (Å²) < 4.78 is 0. The molecule has 1 heterocycles. The van der Waals surface area contributed by atoms with Gasteiger partial charge in [-0.1, -0.05) is 0 Å². The second-order valence-electron chi connectivity index (χ2n) is 6.60. The van der Waals surface area contributed by atoms with Crippen LogP contribution in [0.5, 0.6) is 0 Å². The van der Waals surface area contributed by atoms with Crippen LogP contribution in [-0.4, -0.2) is 17.6 Å². The van der Waals surface area contributed by atoms with E-state index in [1.807, 2.05) is 13.8 Å². The Labute approximate surface area is 121 Å². The van der Waals surface area contributed by atoms with Crippen LogP contribution in [0, 0.1) is 40.0 Å². The lowest BCUT2D eigenvalue weighted by atomic mass is 9.89. The van der Waals surface area contributed by atoms with Crippen molar-refractivity contribution in [1.82, 2.24) is 5.06 Å². The van der Waals surface area contributed by atoms with E-state index in [-0.39, 0.29) is 5.91 Å². The van der Waals surface area contributed by atoms with Crippen LogP contribution in [0.4, 0.5) is 0 Å². The zero-order valence-electron chi connectivity index (χ0n) is 13.7. The quantitative estimate of drug-likeness (QED) is 0.826. The Hall–Kier alpha value is -1.35. The van der Waals surface area contributed by atoms with E-state index in [0.717, 1.165) is 0 Å². The minimum absolute atomic E-state index is 0.0761. The molecular formula is C17H25NO2. The largest absolute Gasteiger partial charge is 0.272 e. The van der Waals surface area contributed by atoms with Crippen molar-refractivity contribution in [1.29, 1.82) is 0 Å². The molecule has 0 atom stereocenters. The van der Waals surface area contributed by atoms with Crippen LogP contribution in [0.15, 0.2) is 0 Å². The van der Waals surface area contributed by atoms with Gasteiger partial charge in [0.1, 0.15) is 0 Å². The standard InChI is InChI=1S/C17H25NO2/c1-10-11(2)13(4)15(14(5)12(10)3)8-18-16(19)17(6,7)9-20-18/h8-9H2,1-7H3. The van der Waals surface area contributed by atoms with E-state index >= 15 is 0 Å². The molecule has 3 heteroatoms. The normalized spacial score (nSPS) is 17.9. The molecule has 0 aliphatic carbocycles. The van der Waals surface area contributed by atoms with Gasteiger partial charge in [-0.2, -0.15) is 0 Å². The predicted molar refractivity (Wildman–Crippen MR) is 80.4 cm³/mol. The van der Waals surface area contributed by atoms with Gasteiger partial charge in [-0.3, -0.25) is 9.63 Å². The summed E-state index contributed by atoms with van der Waals surface area (Å²) in [5.74, 6) is 0.0761. The van der Waals surface area contributed by atoms with E-state index in [4.69, 9.17) is 4.84 Å². The van der Waals surface area contributed by atoms with E-state index in [2.05, 4.69) is 34.6 Å². The fraction of sp³-hybridized carbons (Fsp3) is 0.588. The molecule has 1 aliphatic heterocycles. The van der Waals surface area contributed by atoms with E-state index in [1.54, 1.807) is 0 Å². The van der Waals surface area contributed by atoms with Gasteiger partial charge < -0.3 is 0 Å². The van der Waals surface area contributed by atoms with Crippen molar-refractivity contribution in [3.63, 3.8) is 0 Å². The van der Waals surface area contributed by atoms with E-state index in [0.29, 0.717) is 13.2 Å². The van der Waals surface area contributed by atoms with Crippen molar-refractivity contribution in [3.05, 3.63) is 33.4 Å². The maximum absolute atomic E-state index is 12.3. The summed E-state index contributed by atoms with van der Waals surface area (Å²) >= 11 is 0. The van der Waals surface area contributed by atoms with E-state index < -0.39 is 5.41 Å². The smallest absolute Gasteiger partial charge is 0.254 e. The fourth-order valence-electron chi connectivity index (χ4n) is 2.77. The third kappa shape index (κ3) is 2.24. The maximum Gasteiger partial charge on any atom is 0.254 e. The lowest BCUT2D eigenvalue weighted by Crippen LogP contribution is -2.31. The van der Waals surface area contributed by atoms with Crippen molar-refractivity contribution in [2.24, 2.45) is 5.41 Å². The molecule has 1 aliphatic rings. The van der Waals surface area contributed by atoms with Gasteiger partial charge in [-0.25, -0.2) is 5.06 Å². The van der Waals surface area contributed by atoms with Gasteiger partial charge in [-0.05, 0) is 81.8 Å². The molecule has 110 valence electrons. The topological polar surface area (TPSA) is 29.5 Å². The van der Waals surface area contributed by atoms with Crippen LogP contribution < -0.4 is 0 Å². The Morgan fingerprint density at radius 1 is 0.950 bits per heavy atom. The molecule has 0 saturated carbocycles. The number of nitrogens with zero attached hydrogens (tertiary/aromatic N) is 1. The summed E-state index contributed by atoms with van der Waals surface area (Å²) in [4.78, 5) is 17.9. The molecule has 3 nitrogen and oxygen atoms in total. The molecule has 0 N–H and O–H groups in total. The highest BCUT2D eigenvalue weighted by atomic mass is 16.7. The summed E-state index contributed by atoms with van der Waals surface area (Å²) in [5.41, 5.74) is 7.33. The van der Waals surface area contributed by atoms with Crippen LogP contribution in [0.1, 0.15) is 47.2 Å². The number of carbonyl (C=O) groups excluding carboxylic acids is 1. The molecule has 0 radical (unpaired) electrons. The van der Waals surface area contributed by atoms with Crippen molar-refractivity contribution in [2.45, 2.75) is 55.0 Å². The number of benzene rings is 1. The highest BCUT2D eigenvalue weighted by Crippen LogP contribution is 2.31. The van der Waals surface area contributed by atoms with Gasteiger partial charge in [0.2, 0.25) is 0 Å². The van der Waals surface area contributed by atoms with Gasteiger partial charge in [-0.15, -0.1) is 0 Å². The SMILES string of the molecule is Cc1c(C)c(C)c(CN2OCC(C)(C)C2=O)c(C)c1C. The molecule has 0 unspecified atom stereocenters. The van der Waals surface area contributed by atoms with Gasteiger partial charge in [0.15, 0.2) is 0 Å². The first kappa shape index (κ1) is 15.0. The van der Waals surface area contributed by atoms with Gasteiger partial charge in [0.25, 0.3) is 5.91 Å². The average Bonchev–Trinajstić information content (AvgIpc) is 2.65. The number of hydrogen-bond acceptors (Lipinski definition) is 2. The number of amides is 1. The third-order valence-electron chi connectivity index (χ3n) is 4.84. The zero-order chi connectivity index (χ0) is 15.2. The van der Waals surface area contributed by atoms with Gasteiger partial charge >= 0.3 is 0 Å². The maximum atomic E-state index is 12.3. The Bertz CT molecular complexity index is 544. The molecule has 1 aromatic rings. The highest BCUT2D eigenvalue weighted by molar-refractivity contribution is 5.82. The molecule has 1 saturated heterocycles. The fourth-order valence-corrected chi connectivity index (χ4v) is 2.77. The van der Waals surface area contributed by atoms with Crippen LogP contribution in [0.3, 0.4) is 0 Å². The molecule has 2 rings (SSSR count). The minimum atomic E-state index is -0.406. The van der Waals surface area contributed by atoms with Crippen molar-refractivity contribution in [2.75, 3.05) is 6.61 Å². The van der Waals surface area contributed by atoms with Crippen molar-refractivity contribution in [3.8, 4) is 0 Å². The molecule has 1 amide bonds. The minimum Gasteiger partial charge on any atom is -0.272 e. The van der Waals surface area contributed by atoms with Gasteiger partial charge in [0, 0.05) is 0 Å². The van der Waals surface area contributed by atoms with Crippen molar-refractivity contribution >= 4 is 5.91 Å². The highest BCUT2D eigenvalue weighted by Gasteiger charge is 2.40. The van der Waals surface area contributed by atoms with Crippen molar-refractivity contribution < 1.29 is 9.63 Å². The number of rotatable bonds is 2. The summed E-state index contributed by atoms with van der Waals surface area (Å²) in [5, 5.41) is 1.53. The lowest BCUT2D eigenvalue weighted by Gasteiger charge is -2.23. The number of carbonyl (C=O) groups is 1. The first-order valence-electron chi connectivity index (χ1n) is 7.17. The molecule has 0 spiro atoms. The summed E-state index contributed by atoms with van der Waals surface area (Å²) in [7, 11) is 0. The zero-order valence-corrected chi connectivity index (χ0v) is 13.7. The van der Waals surface area contributed by atoms with E-state index in [1.165, 1.54) is 38.4 Å². The summed E-state index contributed by atoms with van der Waals surface area (Å²) in [6.07, 6.45) is 0. The Morgan fingerprint density at radius 3 is 1.80 bits per heavy atom. The lowest BCUT2D eigenvalue weighted by molar-refractivity contribution is -0.165. The molecule has 0 bridgehead atoms. The molecule has 0 aromatic heterocycles. The summed E-state index contributed by atoms with van der Waals surface area (Å²) in [6.45, 7) is 15.6. The molecule has 1 fully saturated rings. The predicted octanol–water partition coefficient (Wildman–Crippen LogP) is 3.53. The Balaban J connectivity index is 2.39. The number of hydroxylamine groups is 2. The number of hydrogen-bond donors (Lipinski definition) is 0. The van der Waals surface area contributed by atoms with Crippen LogP contribution in [0.2, 0.25) is 0 Å². The third-order valence-corrected chi connectivity index (χ3v) is 4.84. The summed E-state index contributed by atoms with van der Waals surface area (Å²) in [6, 6.07) is 0. The van der Waals surface area contributed by atoms with Crippen LogP contribution >= 0.6 is 0 Å². The second-order valence-corrected chi connectivity index (χ2v) is 6.60. The van der Waals surface area contributed by atoms with Gasteiger partial charge in [0.05, 0.1) is 18.6 Å². The van der Waals surface area contributed by atoms with E-state index in [9.17, 15) is 4.79 Å². The first-order chi connectivity index (χ1) is 9.16. The second kappa shape index (κ2) is 4.88. The Kier molecular flexibility index (Phi) is 3.67. The van der Waals surface area contributed by atoms with Crippen LogP contribution in [0.25, 0.3) is 0 Å². The Morgan fingerprint density at radius 2 is 1.40 bits per heavy atom. The monoisotopic (exact) mass is 275 g/mol. The molecule has 1 aromatic carbocycles. The average molecular weight is 275 g/mol. The first-order valence-corrected chi connectivity index (χ1v) is 7.17.